The Morgan fingerprint density at radius 3 is 2.58 bits per heavy atom. The molecule has 1 aliphatic rings. The van der Waals surface area contributed by atoms with Crippen LogP contribution in [0.15, 0.2) is 18.2 Å². The summed E-state index contributed by atoms with van der Waals surface area (Å²) in [5.41, 5.74) is 1.95. The van der Waals surface area contributed by atoms with E-state index in [4.69, 9.17) is 5.26 Å². The average Bonchev–Trinajstić information content (AvgIpc) is 2.62. The first-order valence-electron chi connectivity index (χ1n) is 7.11. The molecule has 0 bridgehead atoms. The van der Waals surface area contributed by atoms with Crippen LogP contribution in [0.5, 0.6) is 0 Å². The van der Waals surface area contributed by atoms with Crippen molar-refractivity contribution in [2.45, 2.75) is 51.0 Å². The first kappa shape index (κ1) is 13.9. The molecule has 0 aliphatic heterocycles. The summed E-state index contributed by atoms with van der Waals surface area (Å²) in [5.74, 6) is 0. The number of rotatable bonds is 3. The third-order valence-electron chi connectivity index (χ3n) is 4.02. The zero-order valence-electron chi connectivity index (χ0n) is 11.6. The summed E-state index contributed by atoms with van der Waals surface area (Å²) in [6, 6.07) is 7.89. The molecule has 102 valence electrons. The van der Waals surface area contributed by atoms with Crippen LogP contribution in [0.4, 0.5) is 5.69 Å². The third-order valence-corrected chi connectivity index (χ3v) is 4.02. The van der Waals surface area contributed by atoms with E-state index in [0.717, 1.165) is 36.9 Å². The number of aryl methyl sites for hydroxylation is 1. The highest BCUT2D eigenvalue weighted by molar-refractivity contribution is 5.62. The Morgan fingerprint density at radius 2 is 1.95 bits per heavy atom. The molecule has 3 heteroatoms. The zero-order chi connectivity index (χ0) is 13.7. The van der Waals surface area contributed by atoms with Crippen molar-refractivity contribution in [3.63, 3.8) is 0 Å². The van der Waals surface area contributed by atoms with Crippen molar-refractivity contribution in [2.75, 3.05) is 11.9 Å². The van der Waals surface area contributed by atoms with Crippen LogP contribution in [0.2, 0.25) is 0 Å². The van der Waals surface area contributed by atoms with Gasteiger partial charge in [-0.25, -0.2) is 0 Å². The van der Waals surface area contributed by atoms with Gasteiger partial charge in [0.05, 0.1) is 16.9 Å². The van der Waals surface area contributed by atoms with Crippen LogP contribution in [-0.4, -0.2) is 17.3 Å². The molecule has 3 nitrogen and oxygen atoms in total. The van der Waals surface area contributed by atoms with Gasteiger partial charge >= 0.3 is 0 Å². The second-order valence-electron chi connectivity index (χ2n) is 5.60. The van der Waals surface area contributed by atoms with Crippen molar-refractivity contribution < 1.29 is 5.11 Å². The molecule has 0 unspecified atom stereocenters. The van der Waals surface area contributed by atoms with Crippen LogP contribution >= 0.6 is 0 Å². The van der Waals surface area contributed by atoms with E-state index in [2.05, 4.69) is 11.4 Å². The minimum absolute atomic E-state index is 0.534. The van der Waals surface area contributed by atoms with Gasteiger partial charge in [0, 0.05) is 6.54 Å². The molecule has 0 spiro atoms. The molecule has 2 N–H and O–H groups in total. The first-order chi connectivity index (χ1) is 9.14. The van der Waals surface area contributed by atoms with Crippen molar-refractivity contribution in [3.05, 3.63) is 29.3 Å². The van der Waals surface area contributed by atoms with Crippen molar-refractivity contribution in [3.8, 4) is 6.07 Å². The molecule has 1 aromatic carbocycles. The smallest absolute Gasteiger partial charge is 0.101 e. The van der Waals surface area contributed by atoms with Gasteiger partial charge in [-0.15, -0.1) is 0 Å². The number of para-hydroxylation sites is 1. The SMILES string of the molecule is Cc1cccc(C#N)c1NCC1(O)CCCCCC1. The Hall–Kier alpha value is -1.53. The lowest BCUT2D eigenvalue weighted by Crippen LogP contribution is -2.36. The summed E-state index contributed by atoms with van der Waals surface area (Å²) in [4.78, 5) is 0. The van der Waals surface area contributed by atoms with Crippen LogP contribution in [0.1, 0.15) is 49.7 Å². The van der Waals surface area contributed by atoms with E-state index in [1.807, 2.05) is 25.1 Å². The van der Waals surface area contributed by atoms with Gasteiger partial charge in [0.15, 0.2) is 0 Å². The van der Waals surface area contributed by atoms with Crippen LogP contribution < -0.4 is 5.32 Å². The lowest BCUT2D eigenvalue weighted by molar-refractivity contribution is 0.0381. The number of nitrogens with zero attached hydrogens (tertiary/aromatic N) is 1. The summed E-state index contributed by atoms with van der Waals surface area (Å²) in [6.45, 7) is 2.52. The van der Waals surface area contributed by atoms with Crippen molar-refractivity contribution >= 4 is 5.69 Å². The Morgan fingerprint density at radius 1 is 1.26 bits per heavy atom. The van der Waals surface area contributed by atoms with Gasteiger partial charge in [-0.1, -0.05) is 37.8 Å². The lowest BCUT2D eigenvalue weighted by Gasteiger charge is -2.28. The van der Waals surface area contributed by atoms with Crippen LogP contribution in [0.3, 0.4) is 0 Å². The van der Waals surface area contributed by atoms with E-state index >= 15 is 0 Å². The predicted molar refractivity (Wildman–Crippen MR) is 77.0 cm³/mol. The molecular formula is C16H22N2O. The first-order valence-corrected chi connectivity index (χ1v) is 7.11. The van der Waals surface area contributed by atoms with E-state index in [9.17, 15) is 5.11 Å². The molecule has 0 amide bonds. The highest BCUT2D eigenvalue weighted by atomic mass is 16.3. The topological polar surface area (TPSA) is 56.0 Å². The normalized spacial score (nSPS) is 18.4. The molecule has 1 saturated carbocycles. The molecule has 19 heavy (non-hydrogen) atoms. The quantitative estimate of drug-likeness (QED) is 0.817. The Balaban J connectivity index is 2.08. The average molecular weight is 258 g/mol. The molecule has 1 aliphatic carbocycles. The summed E-state index contributed by atoms with van der Waals surface area (Å²) in [5, 5.41) is 23.1. The second-order valence-corrected chi connectivity index (χ2v) is 5.60. The summed E-state index contributed by atoms with van der Waals surface area (Å²) < 4.78 is 0. The van der Waals surface area contributed by atoms with E-state index in [-0.39, 0.29) is 0 Å². The Kier molecular flexibility index (Phi) is 4.44. The maximum absolute atomic E-state index is 10.6. The van der Waals surface area contributed by atoms with Gasteiger partial charge in [-0.3, -0.25) is 0 Å². The Bertz CT molecular complexity index is 468. The molecule has 2 rings (SSSR count). The molecule has 0 atom stereocenters. The number of hydrogen-bond donors (Lipinski definition) is 2. The molecule has 0 aromatic heterocycles. The molecule has 1 fully saturated rings. The minimum atomic E-state index is -0.620. The monoisotopic (exact) mass is 258 g/mol. The van der Waals surface area contributed by atoms with E-state index < -0.39 is 5.60 Å². The van der Waals surface area contributed by atoms with Gasteiger partial charge in [-0.05, 0) is 31.4 Å². The highest BCUT2D eigenvalue weighted by Crippen LogP contribution is 2.28. The predicted octanol–water partition coefficient (Wildman–Crippen LogP) is 3.36. The van der Waals surface area contributed by atoms with E-state index in [0.29, 0.717) is 12.1 Å². The van der Waals surface area contributed by atoms with E-state index in [1.165, 1.54) is 12.8 Å². The summed E-state index contributed by atoms with van der Waals surface area (Å²) in [7, 11) is 0. The summed E-state index contributed by atoms with van der Waals surface area (Å²) >= 11 is 0. The largest absolute Gasteiger partial charge is 0.388 e. The lowest BCUT2D eigenvalue weighted by atomic mass is 9.94. The van der Waals surface area contributed by atoms with Crippen LogP contribution in [-0.2, 0) is 0 Å². The number of benzene rings is 1. The highest BCUT2D eigenvalue weighted by Gasteiger charge is 2.27. The molecule has 1 aromatic rings. The molecule has 0 heterocycles. The number of aliphatic hydroxyl groups is 1. The van der Waals surface area contributed by atoms with Crippen LogP contribution in [0.25, 0.3) is 0 Å². The fourth-order valence-corrected chi connectivity index (χ4v) is 2.81. The fourth-order valence-electron chi connectivity index (χ4n) is 2.81. The molecular weight excluding hydrogens is 236 g/mol. The van der Waals surface area contributed by atoms with Gasteiger partial charge in [-0.2, -0.15) is 5.26 Å². The van der Waals surface area contributed by atoms with Crippen molar-refractivity contribution in [1.82, 2.24) is 0 Å². The number of anilines is 1. The number of nitriles is 1. The van der Waals surface area contributed by atoms with Crippen LogP contribution in [0, 0.1) is 18.3 Å². The number of nitrogens with one attached hydrogen (secondary N) is 1. The van der Waals surface area contributed by atoms with Gasteiger partial charge < -0.3 is 10.4 Å². The molecule has 0 saturated heterocycles. The van der Waals surface area contributed by atoms with Gasteiger partial charge in [0.25, 0.3) is 0 Å². The van der Waals surface area contributed by atoms with Crippen molar-refractivity contribution in [1.29, 1.82) is 5.26 Å². The zero-order valence-corrected chi connectivity index (χ0v) is 11.6. The third kappa shape index (κ3) is 3.48. The van der Waals surface area contributed by atoms with E-state index in [1.54, 1.807) is 0 Å². The van der Waals surface area contributed by atoms with Crippen molar-refractivity contribution in [2.24, 2.45) is 0 Å². The maximum Gasteiger partial charge on any atom is 0.101 e. The standard InChI is InChI=1S/C16H22N2O/c1-13-7-6-8-14(11-17)15(13)18-12-16(19)9-4-2-3-5-10-16/h6-8,18-19H,2-5,9-10,12H2,1H3. The summed E-state index contributed by atoms with van der Waals surface area (Å²) in [6.07, 6.45) is 6.34. The Labute approximate surface area is 115 Å². The minimum Gasteiger partial charge on any atom is -0.388 e. The maximum atomic E-state index is 10.6. The fraction of sp³-hybridized carbons (Fsp3) is 0.562. The van der Waals surface area contributed by atoms with Gasteiger partial charge in [0.1, 0.15) is 6.07 Å². The molecule has 0 radical (unpaired) electrons. The number of hydrogen-bond acceptors (Lipinski definition) is 3. The van der Waals surface area contributed by atoms with Gasteiger partial charge in [0.2, 0.25) is 0 Å². The second kappa shape index (κ2) is 6.08.